The molecule has 27 heavy (non-hydrogen) atoms. The van der Waals surface area contributed by atoms with Crippen molar-refractivity contribution in [2.75, 3.05) is 18.2 Å². The molecule has 0 spiro atoms. The van der Waals surface area contributed by atoms with Crippen molar-refractivity contribution < 1.29 is 19.1 Å². The summed E-state index contributed by atoms with van der Waals surface area (Å²) in [6.07, 6.45) is 0. The first-order chi connectivity index (χ1) is 12.7. The number of nitrogens with two attached hydrogens (primary N) is 1. The number of nitrogens with zero attached hydrogens (tertiary/aromatic N) is 1. The number of aromatic nitrogens is 1. The van der Waals surface area contributed by atoms with Gasteiger partial charge in [-0.1, -0.05) is 13.8 Å². The van der Waals surface area contributed by atoms with Gasteiger partial charge in [0.15, 0.2) is 0 Å². The molecule has 9 heteroatoms. The second-order valence-corrected chi connectivity index (χ2v) is 6.30. The first-order valence-electron chi connectivity index (χ1n) is 8.15. The Hall–Kier alpha value is -3.62. The molecule has 2 heterocycles. The number of carbonyl (C=O) groups excluding carboxylic acids is 3. The first-order valence-corrected chi connectivity index (χ1v) is 8.15. The summed E-state index contributed by atoms with van der Waals surface area (Å²) in [5.41, 5.74) is 5.83. The second-order valence-electron chi connectivity index (χ2n) is 6.30. The predicted octanol–water partition coefficient (Wildman–Crippen LogP) is 0.906. The number of imide groups is 1. The Morgan fingerprint density at radius 2 is 1.89 bits per heavy atom. The zero-order chi connectivity index (χ0) is 19.9. The molecule has 0 saturated carbocycles. The molecular weight excluding hydrogens is 352 g/mol. The lowest BCUT2D eigenvalue weighted by Crippen LogP contribution is -2.26. The van der Waals surface area contributed by atoms with Crippen molar-refractivity contribution in [3.05, 3.63) is 45.7 Å². The van der Waals surface area contributed by atoms with Crippen LogP contribution in [0.2, 0.25) is 0 Å². The van der Waals surface area contributed by atoms with Crippen molar-refractivity contribution >= 4 is 29.2 Å². The van der Waals surface area contributed by atoms with E-state index in [2.05, 4.69) is 10.6 Å². The Morgan fingerprint density at radius 1 is 1.19 bits per heavy atom. The molecule has 1 aromatic heterocycles. The number of hydrogen-bond acceptors (Lipinski definition) is 6. The van der Waals surface area contributed by atoms with Gasteiger partial charge in [-0.05, 0) is 12.1 Å². The summed E-state index contributed by atoms with van der Waals surface area (Å²) >= 11 is 0. The number of methoxy groups -OCH3 is 1. The van der Waals surface area contributed by atoms with Crippen molar-refractivity contribution in [2.45, 2.75) is 13.8 Å². The van der Waals surface area contributed by atoms with E-state index in [1.165, 1.54) is 13.2 Å². The van der Waals surface area contributed by atoms with Crippen LogP contribution in [0.3, 0.4) is 0 Å². The Balaban J connectivity index is 2.26. The van der Waals surface area contributed by atoms with Crippen molar-refractivity contribution in [2.24, 2.45) is 5.92 Å². The minimum absolute atomic E-state index is 0.0746. The van der Waals surface area contributed by atoms with Gasteiger partial charge >= 0.3 is 0 Å². The van der Waals surface area contributed by atoms with Crippen LogP contribution in [0.15, 0.2) is 29.1 Å². The fourth-order valence-corrected chi connectivity index (χ4v) is 2.73. The highest BCUT2D eigenvalue weighted by Crippen LogP contribution is 2.29. The zero-order valence-electron chi connectivity index (χ0n) is 15.0. The number of carbonyl (C=O) groups is 3. The molecule has 3 amide bonds. The molecule has 140 valence electrons. The van der Waals surface area contributed by atoms with Crippen LogP contribution in [0.5, 0.6) is 5.75 Å². The number of fused-ring (bicyclic) bond motifs is 1. The number of hydrogen-bond donors (Lipinski definition) is 3. The summed E-state index contributed by atoms with van der Waals surface area (Å²) in [7, 11) is 1.45. The van der Waals surface area contributed by atoms with E-state index in [-0.39, 0.29) is 34.5 Å². The Morgan fingerprint density at radius 3 is 2.52 bits per heavy atom. The number of amides is 3. The van der Waals surface area contributed by atoms with Crippen molar-refractivity contribution in [3.8, 4) is 11.4 Å². The lowest BCUT2D eigenvalue weighted by Gasteiger charge is -2.18. The second kappa shape index (κ2) is 6.60. The first kappa shape index (κ1) is 18.2. The third-order valence-electron chi connectivity index (χ3n) is 4.18. The molecule has 0 radical (unpaired) electrons. The largest absolute Gasteiger partial charge is 0.497 e. The Labute approximate surface area is 154 Å². The van der Waals surface area contributed by atoms with Crippen LogP contribution in [0, 0.1) is 5.92 Å². The summed E-state index contributed by atoms with van der Waals surface area (Å²) < 4.78 is 6.26. The van der Waals surface area contributed by atoms with Crippen LogP contribution in [-0.4, -0.2) is 29.4 Å². The highest BCUT2D eigenvalue weighted by atomic mass is 16.5. The minimum Gasteiger partial charge on any atom is -0.497 e. The van der Waals surface area contributed by atoms with E-state index >= 15 is 0 Å². The minimum atomic E-state index is -0.683. The highest BCUT2D eigenvalue weighted by molar-refractivity contribution is 6.23. The quantitative estimate of drug-likeness (QED) is 0.685. The maximum atomic E-state index is 12.7. The number of rotatable bonds is 4. The summed E-state index contributed by atoms with van der Waals surface area (Å²) in [6.45, 7) is 3.45. The van der Waals surface area contributed by atoms with Crippen LogP contribution >= 0.6 is 0 Å². The molecule has 3 rings (SSSR count). The third-order valence-corrected chi connectivity index (χ3v) is 4.18. The van der Waals surface area contributed by atoms with Gasteiger partial charge in [0.2, 0.25) is 5.91 Å². The van der Waals surface area contributed by atoms with Gasteiger partial charge in [0.05, 0.1) is 29.6 Å². The highest BCUT2D eigenvalue weighted by Gasteiger charge is 2.32. The molecule has 0 saturated heterocycles. The molecule has 0 aliphatic carbocycles. The van der Waals surface area contributed by atoms with Gasteiger partial charge in [0.1, 0.15) is 11.6 Å². The van der Waals surface area contributed by atoms with E-state index in [9.17, 15) is 19.2 Å². The fourth-order valence-electron chi connectivity index (χ4n) is 2.73. The van der Waals surface area contributed by atoms with Crippen LogP contribution in [0.25, 0.3) is 5.69 Å². The number of pyridine rings is 1. The summed E-state index contributed by atoms with van der Waals surface area (Å²) in [4.78, 5) is 48.6. The van der Waals surface area contributed by atoms with E-state index in [0.717, 1.165) is 10.6 Å². The summed E-state index contributed by atoms with van der Waals surface area (Å²) in [6, 6.07) is 5.73. The SMILES string of the molecule is COc1ccc(NC(=O)C(C)C)c(-n2c(N)c3c(cc2=O)C(=O)NC3=O)c1. The fraction of sp³-hybridized carbons (Fsp3) is 0.222. The molecule has 0 atom stereocenters. The van der Waals surface area contributed by atoms with Crippen molar-refractivity contribution in [1.82, 2.24) is 9.88 Å². The van der Waals surface area contributed by atoms with Gasteiger partial charge < -0.3 is 15.8 Å². The number of ether oxygens (including phenoxy) is 1. The third kappa shape index (κ3) is 3.03. The van der Waals surface area contributed by atoms with E-state index in [4.69, 9.17) is 10.5 Å². The van der Waals surface area contributed by atoms with Gasteiger partial charge in [-0.3, -0.25) is 29.1 Å². The topological polar surface area (TPSA) is 133 Å². The van der Waals surface area contributed by atoms with Crippen molar-refractivity contribution in [3.63, 3.8) is 0 Å². The molecule has 2 aromatic rings. The Bertz CT molecular complexity index is 1040. The smallest absolute Gasteiger partial charge is 0.262 e. The van der Waals surface area contributed by atoms with Gasteiger partial charge in [0.25, 0.3) is 17.4 Å². The van der Waals surface area contributed by atoms with Gasteiger partial charge in [-0.25, -0.2) is 0 Å². The number of nitrogen functional groups attached to an aromatic ring is 1. The van der Waals surface area contributed by atoms with E-state index in [0.29, 0.717) is 11.4 Å². The maximum absolute atomic E-state index is 12.7. The maximum Gasteiger partial charge on any atom is 0.262 e. The van der Waals surface area contributed by atoms with Gasteiger partial charge in [-0.15, -0.1) is 0 Å². The van der Waals surface area contributed by atoms with Gasteiger partial charge in [-0.2, -0.15) is 0 Å². The molecule has 0 bridgehead atoms. The number of nitrogens with one attached hydrogen (secondary N) is 2. The Kier molecular flexibility index (Phi) is 4.44. The van der Waals surface area contributed by atoms with Crippen LogP contribution in [0.4, 0.5) is 11.5 Å². The number of benzene rings is 1. The normalized spacial score (nSPS) is 12.7. The van der Waals surface area contributed by atoms with E-state index in [1.807, 2.05) is 0 Å². The molecular formula is C18H18N4O5. The average molecular weight is 370 g/mol. The summed E-state index contributed by atoms with van der Waals surface area (Å²) in [5, 5.41) is 4.83. The molecule has 1 aliphatic rings. The van der Waals surface area contributed by atoms with Crippen LogP contribution in [-0.2, 0) is 4.79 Å². The monoisotopic (exact) mass is 370 g/mol. The van der Waals surface area contributed by atoms with Crippen LogP contribution in [0.1, 0.15) is 34.6 Å². The lowest BCUT2D eigenvalue weighted by molar-refractivity contribution is -0.118. The van der Waals surface area contributed by atoms with Gasteiger partial charge in [0, 0.05) is 18.1 Å². The molecule has 1 aromatic carbocycles. The predicted molar refractivity (Wildman–Crippen MR) is 98.3 cm³/mol. The lowest BCUT2D eigenvalue weighted by atomic mass is 10.1. The van der Waals surface area contributed by atoms with E-state index in [1.54, 1.807) is 26.0 Å². The number of anilines is 2. The average Bonchev–Trinajstić information content (AvgIpc) is 2.89. The standard InChI is InChI=1S/C18H18N4O5/c1-8(2)16(24)20-11-5-4-9(27-3)6-12(11)22-13(23)7-10-14(15(22)19)18(26)21-17(10)25/h4-8H,19H2,1-3H3,(H,20,24)(H,21,25,26). The summed E-state index contributed by atoms with van der Waals surface area (Å²) in [5.74, 6) is -1.70. The zero-order valence-corrected chi connectivity index (χ0v) is 15.0. The molecule has 1 aliphatic heterocycles. The molecule has 4 N–H and O–H groups in total. The van der Waals surface area contributed by atoms with Crippen molar-refractivity contribution in [1.29, 1.82) is 0 Å². The molecule has 0 unspecified atom stereocenters. The van der Waals surface area contributed by atoms with E-state index < -0.39 is 17.4 Å². The van der Waals surface area contributed by atoms with Crippen LogP contribution < -0.4 is 26.7 Å². The molecule has 9 nitrogen and oxygen atoms in total. The molecule has 0 fully saturated rings.